The molecule has 0 aromatic heterocycles. The number of nitrogens with one attached hydrogen (secondary N) is 2. The van der Waals surface area contributed by atoms with Crippen molar-refractivity contribution in [3.8, 4) is 0 Å². The number of halogens is 1. The van der Waals surface area contributed by atoms with Crippen LogP contribution in [0.5, 0.6) is 0 Å². The first-order valence-corrected chi connectivity index (χ1v) is 9.04. The van der Waals surface area contributed by atoms with Gasteiger partial charge in [0.15, 0.2) is 0 Å². The third-order valence-electron chi connectivity index (χ3n) is 3.68. The molecule has 0 aliphatic carbocycles. The van der Waals surface area contributed by atoms with Gasteiger partial charge in [-0.15, -0.1) is 11.6 Å². The lowest BCUT2D eigenvalue weighted by molar-refractivity contribution is 0.601. The van der Waals surface area contributed by atoms with Crippen molar-refractivity contribution in [1.29, 1.82) is 0 Å². The summed E-state index contributed by atoms with van der Waals surface area (Å²) in [6, 6.07) is 13.9. The molecule has 2 N–H and O–H groups in total. The molecule has 0 spiro atoms. The van der Waals surface area contributed by atoms with Crippen molar-refractivity contribution in [3.63, 3.8) is 0 Å². The summed E-state index contributed by atoms with van der Waals surface area (Å²) in [5.41, 5.74) is 2.68. The van der Waals surface area contributed by atoms with Crippen molar-refractivity contribution in [2.24, 2.45) is 0 Å². The number of alkyl halides is 1. The monoisotopic (exact) mass is 336 g/mol. The summed E-state index contributed by atoms with van der Waals surface area (Å²) in [5, 5.41) is 3.11. The normalized spacial score (nSPS) is 18.3. The Morgan fingerprint density at radius 3 is 2.68 bits per heavy atom. The smallest absolute Gasteiger partial charge is 0.261 e. The van der Waals surface area contributed by atoms with Gasteiger partial charge in [-0.25, -0.2) is 8.42 Å². The largest absolute Gasteiger partial charge is 0.315 e. The number of rotatable bonds is 3. The van der Waals surface area contributed by atoms with Gasteiger partial charge < -0.3 is 5.32 Å². The Labute approximate surface area is 135 Å². The molecule has 0 saturated heterocycles. The van der Waals surface area contributed by atoms with E-state index in [0.29, 0.717) is 12.2 Å². The van der Waals surface area contributed by atoms with Crippen LogP contribution in [0, 0.1) is 0 Å². The summed E-state index contributed by atoms with van der Waals surface area (Å²) in [5.74, 6) is 0. The van der Waals surface area contributed by atoms with E-state index in [1.54, 1.807) is 36.4 Å². The van der Waals surface area contributed by atoms with Crippen LogP contribution < -0.4 is 10.0 Å². The summed E-state index contributed by atoms with van der Waals surface area (Å²) in [7, 11) is -3.58. The second kappa shape index (κ2) is 6.28. The van der Waals surface area contributed by atoms with Crippen LogP contribution >= 0.6 is 11.6 Å². The molecule has 1 unspecified atom stereocenters. The van der Waals surface area contributed by atoms with Gasteiger partial charge in [-0.2, -0.15) is 0 Å². The van der Waals surface area contributed by atoms with Crippen LogP contribution in [0.4, 0.5) is 5.69 Å². The van der Waals surface area contributed by atoms with Crippen molar-refractivity contribution >= 4 is 27.3 Å². The SMILES string of the molecule is O=S(=O)(Nc1ccc2c(c1)C(Cl)CNCC2)c1ccccc1. The molecule has 1 aliphatic heterocycles. The minimum Gasteiger partial charge on any atom is -0.315 e. The van der Waals surface area contributed by atoms with Gasteiger partial charge >= 0.3 is 0 Å². The maximum atomic E-state index is 12.4. The Hall–Kier alpha value is -1.56. The molecule has 1 heterocycles. The molecule has 4 nitrogen and oxygen atoms in total. The van der Waals surface area contributed by atoms with E-state index >= 15 is 0 Å². The number of hydrogen-bond acceptors (Lipinski definition) is 3. The van der Waals surface area contributed by atoms with Crippen LogP contribution in [0.1, 0.15) is 16.5 Å². The van der Waals surface area contributed by atoms with Crippen molar-refractivity contribution in [3.05, 3.63) is 59.7 Å². The van der Waals surface area contributed by atoms with Crippen LogP contribution in [0.25, 0.3) is 0 Å². The molecule has 6 heteroatoms. The molecule has 2 aromatic carbocycles. The molecular weight excluding hydrogens is 320 g/mol. The fourth-order valence-corrected chi connectivity index (χ4v) is 3.94. The van der Waals surface area contributed by atoms with Crippen molar-refractivity contribution in [2.75, 3.05) is 17.8 Å². The van der Waals surface area contributed by atoms with Gasteiger partial charge in [0.05, 0.1) is 10.3 Å². The Bertz CT molecular complexity index is 763. The van der Waals surface area contributed by atoms with Gasteiger partial charge in [-0.1, -0.05) is 24.3 Å². The average molecular weight is 337 g/mol. The van der Waals surface area contributed by atoms with Crippen LogP contribution in [0.2, 0.25) is 0 Å². The first kappa shape index (κ1) is 15.3. The van der Waals surface area contributed by atoms with Gasteiger partial charge in [0.25, 0.3) is 10.0 Å². The number of hydrogen-bond donors (Lipinski definition) is 2. The lowest BCUT2D eigenvalue weighted by Gasteiger charge is -2.14. The second-order valence-corrected chi connectivity index (χ2v) is 7.46. The van der Waals surface area contributed by atoms with Crippen LogP contribution in [0.15, 0.2) is 53.4 Å². The zero-order valence-electron chi connectivity index (χ0n) is 11.9. The van der Waals surface area contributed by atoms with Crippen molar-refractivity contribution < 1.29 is 8.42 Å². The van der Waals surface area contributed by atoms with E-state index in [-0.39, 0.29) is 10.3 Å². The Kier molecular flexibility index (Phi) is 4.38. The van der Waals surface area contributed by atoms with E-state index in [0.717, 1.165) is 24.1 Å². The van der Waals surface area contributed by atoms with Gasteiger partial charge in [-0.3, -0.25) is 4.72 Å². The summed E-state index contributed by atoms with van der Waals surface area (Å²) in [4.78, 5) is 0.244. The third-order valence-corrected chi connectivity index (χ3v) is 5.47. The topological polar surface area (TPSA) is 58.2 Å². The Morgan fingerprint density at radius 2 is 1.91 bits per heavy atom. The zero-order chi connectivity index (χ0) is 15.6. The van der Waals surface area contributed by atoms with Gasteiger partial charge in [0.2, 0.25) is 0 Å². The van der Waals surface area contributed by atoms with E-state index in [4.69, 9.17) is 11.6 Å². The molecule has 0 amide bonds. The van der Waals surface area contributed by atoms with Gasteiger partial charge in [0.1, 0.15) is 0 Å². The number of fused-ring (bicyclic) bond motifs is 1. The Morgan fingerprint density at radius 1 is 1.14 bits per heavy atom. The van der Waals surface area contributed by atoms with E-state index in [1.807, 2.05) is 12.1 Å². The minimum absolute atomic E-state index is 0.154. The van der Waals surface area contributed by atoms with Crippen LogP contribution in [0.3, 0.4) is 0 Å². The molecule has 1 aliphatic rings. The predicted octanol–water partition coefficient (Wildman–Crippen LogP) is 2.91. The molecular formula is C16H17ClN2O2S. The summed E-state index contributed by atoms with van der Waals surface area (Å²) < 4.78 is 27.3. The quantitative estimate of drug-likeness (QED) is 0.847. The molecule has 2 aromatic rings. The number of benzene rings is 2. The van der Waals surface area contributed by atoms with E-state index in [2.05, 4.69) is 10.0 Å². The molecule has 0 radical (unpaired) electrons. The maximum Gasteiger partial charge on any atom is 0.261 e. The number of anilines is 1. The van der Waals surface area contributed by atoms with Crippen molar-refractivity contribution in [1.82, 2.24) is 5.32 Å². The molecule has 116 valence electrons. The Balaban J connectivity index is 1.91. The van der Waals surface area contributed by atoms with E-state index < -0.39 is 10.0 Å². The molecule has 3 rings (SSSR count). The first-order valence-electron chi connectivity index (χ1n) is 7.12. The highest BCUT2D eigenvalue weighted by atomic mass is 35.5. The lowest BCUT2D eigenvalue weighted by Crippen LogP contribution is -2.17. The van der Waals surface area contributed by atoms with E-state index in [1.165, 1.54) is 0 Å². The maximum absolute atomic E-state index is 12.4. The highest BCUT2D eigenvalue weighted by Gasteiger charge is 2.19. The van der Waals surface area contributed by atoms with E-state index in [9.17, 15) is 8.42 Å². The predicted molar refractivity (Wildman–Crippen MR) is 88.9 cm³/mol. The lowest BCUT2D eigenvalue weighted by atomic mass is 10.0. The second-order valence-electron chi connectivity index (χ2n) is 5.25. The minimum atomic E-state index is -3.58. The highest BCUT2D eigenvalue weighted by molar-refractivity contribution is 7.92. The van der Waals surface area contributed by atoms with Gasteiger partial charge in [0, 0.05) is 12.2 Å². The fraction of sp³-hybridized carbons (Fsp3) is 0.250. The molecule has 0 fully saturated rings. The first-order chi connectivity index (χ1) is 10.6. The highest BCUT2D eigenvalue weighted by Crippen LogP contribution is 2.29. The zero-order valence-corrected chi connectivity index (χ0v) is 13.5. The third kappa shape index (κ3) is 3.27. The van der Waals surface area contributed by atoms with Crippen molar-refractivity contribution in [2.45, 2.75) is 16.7 Å². The average Bonchev–Trinajstić information content (AvgIpc) is 2.70. The summed E-state index contributed by atoms with van der Waals surface area (Å²) in [6.45, 7) is 1.56. The summed E-state index contributed by atoms with van der Waals surface area (Å²) in [6.07, 6.45) is 0.893. The molecule has 0 bridgehead atoms. The fourth-order valence-electron chi connectivity index (χ4n) is 2.55. The molecule has 22 heavy (non-hydrogen) atoms. The summed E-state index contributed by atoms with van der Waals surface area (Å²) >= 11 is 6.37. The number of sulfonamides is 1. The molecule has 0 saturated carbocycles. The standard InChI is InChI=1S/C16H17ClN2O2S/c17-16-11-18-9-8-12-6-7-13(10-15(12)16)19-22(20,21)14-4-2-1-3-5-14/h1-7,10,16,18-19H,8-9,11H2. The van der Waals surface area contributed by atoms with Crippen LogP contribution in [-0.2, 0) is 16.4 Å². The van der Waals surface area contributed by atoms with Gasteiger partial charge in [-0.05, 0) is 48.4 Å². The van der Waals surface area contributed by atoms with Crippen LogP contribution in [-0.4, -0.2) is 21.5 Å². The molecule has 1 atom stereocenters.